The topological polar surface area (TPSA) is 158 Å². The lowest BCUT2D eigenvalue weighted by Crippen LogP contribution is -2.57. The van der Waals surface area contributed by atoms with E-state index in [0.717, 1.165) is 16.5 Å². The van der Waals surface area contributed by atoms with E-state index in [1.165, 1.54) is 0 Å². The van der Waals surface area contributed by atoms with E-state index in [4.69, 9.17) is 4.74 Å². The van der Waals surface area contributed by atoms with E-state index >= 15 is 0 Å². The van der Waals surface area contributed by atoms with Crippen LogP contribution < -0.4 is 26.0 Å². The second-order valence-electron chi connectivity index (χ2n) is 10.8. The van der Waals surface area contributed by atoms with Crippen molar-refractivity contribution in [3.05, 3.63) is 65.9 Å². The van der Waals surface area contributed by atoms with Gasteiger partial charge in [0.15, 0.2) is 0 Å². The van der Waals surface area contributed by atoms with Crippen LogP contribution in [0.15, 0.2) is 54.6 Å². The van der Waals surface area contributed by atoms with Crippen LogP contribution in [-0.2, 0) is 25.6 Å². The Balaban J connectivity index is 1.48. The molecule has 4 rings (SSSR count). The highest BCUT2D eigenvalue weighted by Crippen LogP contribution is 2.22. The molecule has 0 bridgehead atoms. The number of hydrogen-bond acceptors (Lipinski definition) is 6. The minimum Gasteiger partial charge on any atom is -0.497 e. The molecule has 1 aliphatic heterocycles. The highest BCUT2D eigenvalue weighted by atomic mass is 16.5. The van der Waals surface area contributed by atoms with Gasteiger partial charge in [0, 0.05) is 29.8 Å². The van der Waals surface area contributed by atoms with Gasteiger partial charge in [0.05, 0.1) is 13.2 Å². The van der Waals surface area contributed by atoms with E-state index in [-0.39, 0.29) is 36.3 Å². The van der Waals surface area contributed by atoms with Crippen LogP contribution in [-0.4, -0.2) is 66.7 Å². The van der Waals surface area contributed by atoms with E-state index in [1.807, 2.05) is 30.3 Å². The Morgan fingerprint density at radius 1 is 1.02 bits per heavy atom. The lowest BCUT2D eigenvalue weighted by atomic mass is 9.98. The van der Waals surface area contributed by atoms with Gasteiger partial charge in [-0.1, -0.05) is 44.2 Å². The number of ether oxygens (including phenoxy) is 1. The average molecular weight is 576 g/mol. The predicted octanol–water partition coefficient (Wildman–Crippen LogP) is 1.87. The first-order valence-electron chi connectivity index (χ1n) is 14.0. The Labute approximate surface area is 244 Å². The number of amides is 4. The van der Waals surface area contributed by atoms with Crippen molar-refractivity contribution >= 4 is 40.8 Å². The van der Waals surface area contributed by atoms with Crippen LogP contribution in [0.1, 0.15) is 42.7 Å². The van der Waals surface area contributed by atoms with E-state index in [0.29, 0.717) is 25.0 Å². The van der Waals surface area contributed by atoms with Gasteiger partial charge < -0.3 is 35.8 Å². The number of H-pyrrole nitrogens is 1. The molecule has 0 aliphatic carbocycles. The highest BCUT2D eigenvalue weighted by Gasteiger charge is 2.32. The number of aromatic amines is 1. The van der Waals surface area contributed by atoms with Crippen LogP contribution in [0, 0.1) is 11.8 Å². The molecule has 1 aliphatic rings. The van der Waals surface area contributed by atoms with Crippen molar-refractivity contribution < 1.29 is 28.7 Å². The van der Waals surface area contributed by atoms with Crippen molar-refractivity contribution in [2.24, 2.45) is 11.8 Å². The molecule has 2 heterocycles. The number of aldehydes is 1. The van der Waals surface area contributed by atoms with E-state index in [2.05, 4.69) is 26.3 Å². The van der Waals surface area contributed by atoms with Gasteiger partial charge in [-0.3, -0.25) is 19.2 Å². The van der Waals surface area contributed by atoms with Gasteiger partial charge in [-0.05, 0) is 48.6 Å². The molecule has 5 N–H and O–H groups in total. The normalized spacial score (nSPS) is 16.8. The van der Waals surface area contributed by atoms with Gasteiger partial charge in [-0.15, -0.1) is 0 Å². The molecule has 11 heteroatoms. The zero-order chi connectivity index (χ0) is 30.2. The zero-order valence-corrected chi connectivity index (χ0v) is 23.9. The molecule has 11 nitrogen and oxygen atoms in total. The van der Waals surface area contributed by atoms with Gasteiger partial charge >= 0.3 is 0 Å². The largest absolute Gasteiger partial charge is 0.497 e. The van der Waals surface area contributed by atoms with Crippen molar-refractivity contribution in [2.75, 3.05) is 13.7 Å². The average Bonchev–Trinajstić information content (AvgIpc) is 3.60. The quantitative estimate of drug-likeness (QED) is 0.196. The van der Waals surface area contributed by atoms with Crippen molar-refractivity contribution in [1.29, 1.82) is 0 Å². The predicted molar refractivity (Wildman–Crippen MR) is 157 cm³/mol. The fourth-order valence-corrected chi connectivity index (χ4v) is 5.04. The maximum absolute atomic E-state index is 13.5. The second kappa shape index (κ2) is 13.8. The van der Waals surface area contributed by atoms with Gasteiger partial charge in [0.1, 0.15) is 29.8 Å². The minimum absolute atomic E-state index is 0.144. The maximum Gasteiger partial charge on any atom is 0.268 e. The number of fused-ring (bicyclic) bond motifs is 1. The molecule has 2 aromatic carbocycles. The maximum atomic E-state index is 13.5. The van der Waals surface area contributed by atoms with Crippen LogP contribution in [0.25, 0.3) is 10.9 Å². The molecule has 0 saturated carbocycles. The Morgan fingerprint density at radius 2 is 1.79 bits per heavy atom. The monoisotopic (exact) mass is 575 g/mol. The summed E-state index contributed by atoms with van der Waals surface area (Å²) in [4.78, 5) is 67.0. The molecule has 1 aromatic heterocycles. The number of nitrogens with one attached hydrogen (secondary N) is 5. The standard InChI is InChI=1S/C31H37N5O6/c1-18(2)27(36-30(40)26-16-21-15-23(42-3)9-10-24(21)34-26)31(41)35-25(13-19-7-5-4-6-8-19)29(39)33-22(17-37)14-20-11-12-32-28(20)38/h4-10,15-18,20,22,25,27,34H,11-14H2,1-3H3,(H,32,38)(H,33,39)(H,35,41)(H,36,40)/t20-,22-,25-,27?/m0/s1. The van der Waals surface area contributed by atoms with Crippen LogP contribution >= 0.6 is 0 Å². The highest BCUT2D eigenvalue weighted by molar-refractivity contribution is 6.01. The molecular formula is C31H37N5O6. The molecule has 3 aromatic rings. The minimum atomic E-state index is -1.03. The summed E-state index contributed by atoms with van der Waals surface area (Å²) >= 11 is 0. The van der Waals surface area contributed by atoms with E-state index < -0.39 is 35.8 Å². The Kier molecular flexibility index (Phi) is 9.95. The fourth-order valence-electron chi connectivity index (χ4n) is 5.04. The molecule has 4 atom stereocenters. The van der Waals surface area contributed by atoms with Gasteiger partial charge in [0.25, 0.3) is 5.91 Å². The Morgan fingerprint density at radius 3 is 2.43 bits per heavy atom. The van der Waals surface area contributed by atoms with E-state index in [1.54, 1.807) is 45.2 Å². The summed E-state index contributed by atoms with van der Waals surface area (Å²) in [6.45, 7) is 4.12. The first-order valence-corrected chi connectivity index (χ1v) is 14.0. The molecule has 0 radical (unpaired) electrons. The lowest BCUT2D eigenvalue weighted by molar-refractivity contribution is -0.131. The van der Waals surface area contributed by atoms with Gasteiger partial charge in [-0.25, -0.2) is 0 Å². The number of carbonyl (C=O) groups is 5. The summed E-state index contributed by atoms with van der Waals surface area (Å²) in [6, 6.07) is 13.4. The number of hydrogen-bond donors (Lipinski definition) is 5. The second-order valence-corrected chi connectivity index (χ2v) is 10.8. The molecule has 4 amide bonds. The SMILES string of the molecule is COc1ccc2[nH]c(C(=O)NC(C(=O)N[C@@H](Cc3ccccc3)C(=O)N[C@H](C=O)C[C@@H]3CCNC3=O)C(C)C)cc2c1. The molecule has 1 unspecified atom stereocenters. The van der Waals surface area contributed by atoms with Crippen molar-refractivity contribution in [3.8, 4) is 5.75 Å². The summed E-state index contributed by atoms with van der Waals surface area (Å²) in [5.41, 5.74) is 1.82. The molecular weight excluding hydrogens is 538 g/mol. The molecule has 222 valence electrons. The zero-order valence-electron chi connectivity index (χ0n) is 23.9. The van der Waals surface area contributed by atoms with Crippen molar-refractivity contribution in [3.63, 3.8) is 0 Å². The van der Waals surface area contributed by atoms with Crippen molar-refractivity contribution in [2.45, 2.75) is 51.2 Å². The summed E-state index contributed by atoms with van der Waals surface area (Å²) in [7, 11) is 1.56. The van der Waals surface area contributed by atoms with Crippen LogP contribution in [0.5, 0.6) is 5.75 Å². The van der Waals surface area contributed by atoms with E-state index in [9.17, 15) is 24.0 Å². The number of carbonyl (C=O) groups excluding carboxylic acids is 5. The van der Waals surface area contributed by atoms with Crippen LogP contribution in [0.2, 0.25) is 0 Å². The van der Waals surface area contributed by atoms with Crippen LogP contribution in [0.3, 0.4) is 0 Å². The Bertz CT molecular complexity index is 1440. The smallest absolute Gasteiger partial charge is 0.268 e. The molecule has 1 fully saturated rings. The summed E-state index contributed by atoms with van der Waals surface area (Å²) in [5.74, 6) is -1.73. The number of benzene rings is 2. The summed E-state index contributed by atoms with van der Waals surface area (Å²) in [6.07, 6.45) is 1.53. The third-order valence-corrected chi connectivity index (χ3v) is 7.42. The number of rotatable bonds is 13. The number of methoxy groups -OCH3 is 1. The summed E-state index contributed by atoms with van der Waals surface area (Å²) in [5, 5.41) is 11.8. The van der Waals surface area contributed by atoms with Gasteiger partial charge in [0.2, 0.25) is 17.7 Å². The molecule has 0 spiro atoms. The molecule has 42 heavy (non-hydrogen) atoms. The molecule has 1 saturated heterocycles. The third-order valence-electron chi connectivity index (χ3n) is 7.42. The number of aromatic nitrogens is 1. The Hall–Kier alpha value is -4.67. The fraction of sp³-hybridized carbons (Fsp3) is 0.387. The summed E-state index contributed by atoms with van der Waals surface area (Å²) < 4.78 is 5.25. The van der Waals surface area contributed by atoms with Crippen molar-refractivity contribution in [1.82, 2.24) is 26.3 Å². The van der Waals surface area contributed by atoms with Crippen LogP contribution in [0.4, 0.5) is 0 Å². The first-order chi connectivity index (χ1) is 20.2. The first kappa shape index (κ1) is 30.3. The van der Waals surface area contributed by atoms with Gasteiger partial charge in [-0.2, -0.15) is 0 Å². The lowest BCUT2D eigenvalue weighted by Gasteiger charge is -2.26. The third kappa shape index (κ3) is 7.54.